The molecule has 0 heterocycles. The van der Waals surface area contributed by atoms with E-state index in [1.807, 2.05) is 0 Å². The largest absolute Gasteiger partial charge is 0.300 e. The van der Waals surface area contributed by atoms with Gasteiger partial charge in [0.05, 0.1) is 11.5 Å². The molecule has 0 aliphatic heterocycles. The Balaban J connectivity index is 2.61. The van der Waals surface area contributed by atoms with Gasteiger partial charge in [0.15, 0.2) is 9.84 Å². The molecule has 0 atom stereocenters. The molecule has 17 heavy (non-hydrogen) atoms. The minimum Gasteiger partial charge on any atom is -0.300 e. The molecule has 0 aliphatic carbocycles. The van der Waals surface area contributed by atoms with E-state index in [0.29, 0.717) is 23.4 Å². The number of halogens is 1. The van der Waals surface area contributed by atoms with Crippen molar-refractivity contribution >= 4 is 27.2 Å². The van der Waals surface area contributed by atoms with Crippen LogP contribution in [0.15, 0.2) is 24.3 Å². The van der Waals surface area contributed by atoms with Crippen LogP contribution in [-0.2, 0) is 20.4 Å². The molecule has 0 saturated heterocycles. The van der Waals surface area contributed by atoms with Gasteiger partial charge in [0.2, 0.25) is 0 Å². The second-order valence-electron chi connectivity index (χ2n) is 3.99. The number of rotatable bonds is 6. The van der Waals surface area contributed by atoms with E-state index < -0.39 is 9.84 Å². The molecule has 0 bridgehead atoms. The van der Waals surface area contributed by atoms with Crippen LogP contribution in [0.2, 0.25) is 5.02 Å². The molecule has 94 valence electrons. The maximum atomic E-state index is 11.8. The molecule has 0 fully saturated rings. The van der Waals surface area contributed by atoms with Crippen molar-refractivity contribution < 1.29 is 13.2 Å². The van der Waals surface area contributed by atoms with Gasteiger partial charge in [-0.25, -0.2) is 8.42 Å². The first-order valence-electron chi connectivity index (χ1n) is 5.34. The van der Waals surface area contributed by atoms with Crippen molar-refractivity contribution in [1.29, 1.82) is 0 Å². The first-order valence-corrected chi connectivity index (χ1v) is 7.54. The highest BCUT2D eigenvalue weighted by Gasteiger charge is 2.13. The van der Waals surface area contributed by atoms with E-state index in [9.17, 15) is 13.2 Å². The van der Waals surface area contributed by atoms with Crippen molar-refractivity contribution in [2.45, 2.75) is 25.5 Å². The second-order valence-corrected chi connectivity index (χ2v) is 6.58. The van der Waals surface area contributed by atoms with E-state index in [1.54, 1.807) is 24.3 Å². The minimum atomic E-state index is -3.19. The van der Waals surface area contributed by atoms with E-state index >= 15 is 0 Å². The van der Waals surface area contributed by atoms with Crippen LogP contribution >= 0.6 is 11.6 Å². The highest BCUT2D eigenvalue weighted by Crippen LogP contribution is 2.18. The van der Waals surface area contributed by atoms with E-state index in [0.717, 1.165) is 0 Å². The molecular formula is C12H15ClO3S. The number of carbonyl (C=O) groups excluding carboxylic acids is 1. The van der Waals surface area contributed by atoms with Gasteiger partial charge in [0, 0.05) is 11.4 Å². The summed E-state index contributed by atoms with van der Waals surface area (Å²) in [4.78, 5) is 10.7. The number of ketones is 1. The Morgan fingerprint density at radius 2 is 1.94 bits per heavy atom. The molecule has 0 spiro atoms. The maximum Gasteiger partial charge on any atom is 0.154 e. The Morgan fingerprint density at radius 3 is 2.53 bits per heavy atom. The van der Waals surface area contributed by atoms with Crippen LogP contribution in [0.5, 0.6) is 0 Å². The number of sulfone groups is 1. The van der Waals surface area contributed by atoms with Crippen molar-refractivity contribution in [2.75, 3.05) is 5.75 Å². The average Bonchev–Trinajstić information content (AvgIpc) is 2.20. The van der Waals surface area contributed by atoms with Crippen LogP contribution in [0.3, 0.4) is 0 Å². The number of benzene rings is 1. The summed E-state index contributed by atoms with van der Waals surface area (Å²) < 4.78 is 23.5. The standard InChI is InChI=1S/C12H15ClO3S/c1-10(14)5-4-8-17(15,16)9-11-6-2-3-7-12(11)13/h2-3,6-7H,4-5,8-9H2,1H3. The van der Waals surface area contributed by atoms with Gasteiger partial charge in [-0.15, -0.1) is 0 Å². The lowest BCUT2D eigenvalue weighted by Crippen LogP contribution is -2.10. The Morgan fingerprint density at radius 1 is 1.29 bits per heavy atom. The van der Waals surface area contributed by atoms with Crippen LogP contribution in [-0.4, -0.2) is 20.0 Å². The van der Waals surface area contributed by atoms with Gasteiger partial charge in [0.25, 0.3) is 0 Å². The molecule has 1 rings (SSSR count). The van der Waals surface area contributed by atoms with E-state index in [2.05, 4.69) is 0 Å². The van der Waals surface area contributed by atoms with Gasteiger partial charge in [0.1, 0.15) is 5.78 Å². The minimum absolute atomic E-state index is 0.0120. The predicted octanol–water partition coefficient (Wildman–Crippen LogP) is 2.62. The van der Waals surface area contributed by atoms with Gasteiger partial charge in [-0.1, -0.05) is 29.8 Å². The Hall–Kier alpha value is -0.870. The molecule has 0 unspecified atom stereocenters. The van der Waals surface area contributed by atoms with Crippen molar-refractivity contribution in [3.63, 3.8) is 0 Å². The molecule has 1 aromatic rings. The maximum absolute atomic E-state index is 11.8. The summed E-state index contributed by atoms with van der Waals surface area (Å²) in [6.45, 7) is 1.46. The second kappa shape index (κ2) is 6.17. The molecule has 1 aromatic carbocycles. The highest BCUT2D eigenvalue weighted by atomic mass is 35.5. The van der Waals surface area contributed by atoms with E-state index in [4.69, 9.17) is 11.6 Å². The summed E-state index contributed by atoms with van der Waals surface area (Å²) in [5.74, 6) is -0.0273. The van der Waals surface area contributed by atoms with Gasteiger partial charge in [-0.05, 0) is 25.0 Å². The molecule has 0 saturated carbocycles. The Bertz CT molecular complexity index is 494. The van der Waals surface area contributed by atoms with Crippen molar-refractivity contribution in [1.82, 2.24) is 0 Å². The van der Waals surface area contributed by atoms with E-state index in [1.165, 1.54) is 6.92 Å². The normalized spacial score (nSPS) is 11.4. The predicted molar refractivity (Wildman–Crippen MR) is 68.9 cm³/mol. The van der Waals surface area contributed by atoms with Gasteiger partial charge < -0.3 is 4.79 Å². The van der Waals surface area contributed by atoms with Crippen LogP contribution in [0.4, 0.5) is 0 Å². The third kappa shape index (κ3) is 5.33. The summed E-state index contributed by atoms with van der Waals surface area (Å²) in [6.07, 6.45) is 0.684. The number of Topliss-reactive ketones (excluding diaryl/α,β-unsaturated/α-hetero) is 1. The molecule has 0 radical (unpaired) electrons. The quantitative estimate of drug-likeness (QED) is 0.801. The lowest BCUT2D eigenvalue weighted by molar-refractivity contribution is -0.117. The van der Waals surface area contributed by atoms with Crippen LogP contribution in [0, 0.1) is 0 Å². The first-order chi connectivity index (χ1) is 7.91. The third-order valence-corrected chi connectivity index (χ3v) is 4.35. The fourth-order valence-corrected chi connectivity index (χ4v) is 3.20. The number of hydrogen-bond acceptors (Lipinski definition) is 3. The zero-order valence-corrected chi connectivity index (χ0v) is 11.2. The molecule has 0 aromatic heterocycles. The van der Waals surface area contributed by atoms with Crippen LogP contribution in [0.1, 0.15) is 25.3 Å². The fourth-order valence-electron chi connectivity index (χ4n) is 1.47. The smallest absolute Gasteiger partial charge is 0.154 e. The summed E-state index contributed by atoms with van der Waals surface area (Å²) in [5.41, 5.74) is 0.608. The van der Waals surface area contributed by atoms with Crippen molar-refractivity contribution in [3.8, 4) is 0 Å². The zero-order valence-electron chi connectivity index (χ0n) is 9.65. The summed E-state index contributed by atoms with van der Waals surface area (Å²) in [6, 6.07) is 6.88. The SMILES string of the molecule is CC(=O)CCCS(=O)(=O)Cc1ccccc1Cl. The molecule has 0 amide bonds. The molecule has 0 aliphatic rings. The molecule has 5 heteroatoms. The van der Waals surface area contributed by atoms with Crippen LogP contribution in [0.25, 0.3) is 0 Å². The lowest BCUT2D eigenvalue weighted by atomic mass is 10.2. The van der Waals surface area contributed by atoms with Crippen molar-refractivity contribution in [2.24, 2.45) is 0 Å². The average molecular weight is 275 g/mol. The third-order valence-electron chi connectivity index (χ3n) is 2.32. The van der Waals surface area contributed by atoms with Gasteiger partial charge in [-0.2, -0.15) is 0 Å². The summed E-state index contributed by atoms with van der Waals surface area (Å²) >= 11 is 5.90. The van der Waals surface area contributed by atoms with Crippen molar-refractivity contribution in [3.05, 3.63) is 34.9 Å². The van der Waals surface area contributed by atoms with E-state index in [-0.39, 0.29) is 17.3 Å². The van der Waals surface area contributed by atoms with Gasteiger partial charge in [-0.3, -0.25) is 0 Å². The Labute approximate surface area is 107 Å². The lowest BCUT2D eigenvalue weighted by Gasteiger charge is -2.05. The fraction of sp³-hybridized carbons (Fsp3) is 0.417. The topological polar surface area (TPSA) is 51.2 Å². The highest BCUT2D eigenvalue weighted by molar-refractivity contribution is 7.90. The number of carbonyl (C=O) groups is 1. The zero-order chi connectivity index (χ0) is 12.9. The monoisotopic (exact) mass is 274 g/mol. The first kappa shape index (κ1) is 14.2. The number of hydrogen-bond donors (Lipinski definition) is 0. The molecule has 0 N–H and O–H groups in total. The molecular weight excluding hydrogens is 260 g/mol. The van der Waals surface area contributed by atoms with Gasteiger partial charge >= 0.3 is 0 Å². The van der Waals surface area contributed by atoms with Crippen LogP contribution < -0.4 is 0 Å². The summed E-state index contributed by atoms with van der Waals surface area (Å²) in [7, 11) is -3.19. The summed E-state index contributed by atoms with van der Waals surface area (Å²) in [5, 5.41) is 0.461. The molecule has 3 nitrogen and oxygen atoms in total. The Kier molecular flexibility index (Phi) is 5.15.